The van der Waals surface area contributed by atoms with E-state index in [0.29, 0.717) is 0 Å². The maximum atomic E-state index is 10.3. The molecule has 1 aliphatic rings. The van der Waals surface area contributed by atoms with Gasteiger partial charge in [-0.15, -0.1) is 12.6 Å². The molecular weight excluding hydrogens is 160 g/mol. The Labute approximate surface area is 71.0 Å². The van der Waals surface area contributed by atoms with Gasteiger partial charge in [0.2, 0.25) is 0 Å². The van der Waals surface area contributed by atoms with Crippen LogP contribution in [0.2, 0.25) is 0 Å². The number of carboxylic acid groups (broad SMARTS) is 1. The van der Waals surface area contributed by atoms with Gasteiger partial charge < -0.3 is 5.11 Å². The summed E-state index contributed by atoms with van der Waals surface area (Å²) in [7, 11) is 0. The van der Waals surface area contributed by atoms with Crippen LogP contribution in [0.5, 0.6) is 0 Å². The van der Waals surface area contributed by atoms with Gasteiger partial charge in [-0.05, 0) is 17.2 Å². The maximum absolute atomic E-state index is 10.3. The van der Waals surface area contributed by atoms with Gasteiger partial charge in [-0.25, -0.2) is 0 Å². The standard InChI is InChI=1S/C8H10O2S/c9-8(10)5-6-1-3-7(11)4-2-6/h1,3-4,6,11H,2,5H2,(H,9,10). The second kappa shape index (κ2) is 3.62. The Morgan fingerprint density at radius 1 is 1.82 bits per heavy atom. The molecule has 0 radical (unpaired) electrons. The van der Waals surface area contributed by atoms with Crippen LogP contribution in [0, 0.1) is 5.92 Å². The monoisotopic (exact) mass is 170 g/mol. The number of hydrogen-bond acceptors (Lipinski definition) is 2. The number of hydrogen-bond donors (Lipinski definition) is 2. The van der Waals surface area contributed by atoms with Crippen molar-refractivity contribution in [1.82, 2.24) is 0 Å². The van der Waals surface area contributed by atoms with Crippen molar-refractivity contribution < 1.29 is 9.90 Å². The summed E-state index contributed by atoms with van der Waals surface area (Å²) < 4.78 is 0. The lowest BCUT2D eigenvalue weighted by molar-refractivity contribution is -0.137. The first-order valence-corrected chi connectivity index (χ1v) is 3.92. The molecule has 1 unspecified atom stereocenters. The Kier molecular flexibility index (Phi) is 2.76. The van der Waals surface area contributed by atoms with E-state index in [1.165, 1.54) is 0 Å². The summed E-state index contributed by atoms with van der Waals surface area (Å²) >= 11 is 4.12. The normalized spacial score (nSPS) is 23.0. The van der Waals surface area contributed by atoms with Gasteiger partial charge in [0.05, 0.1) is 6.42 Å². The van der Waals surface area contributed by atoms with Gasteiger partial charge in [0.1, 0.15) is 0 Å². The number of carboxylic acids is 1. The number of allylic oxidation sites excluding steroid dienone is 3. The lowest BCUT2D eigenvalue weighted by Gasteiger charge is -2.10. The molecule has 0 aliphatic heterocycles. The minimum absolute atomic E-state index is 0.156. The Balaban J connectivity index is 2.43. The van der Waals surface area contributed by atoms with Crippen molar-refractivity contribution in [1.29, 1.82) is 0 Å². The molecule has 1 atom stereocenters. The van der Waals surface area contributed by atoms with E-state index in [9.17, 15) is 4.79 Å². The summed E-state index contributed by atoms with van der Waals surface area (Å²) in [6, 6.07) is 0. The number of carbonyl (C=O) groups is 1. The lowest BCUT2D eigenvalue weighted by Crippen LogP contribution is -2.06. The van der Waals surface area contributed by atoms with Crippen LogP contribution in [0.3, 0.4) is 0 Å². The van der Waals surface area contributed by atoms with Crippen LogP contribution in [-0.2, 0) is 4.79 Å². The summed E-state index contributed by atoms with van der Waals surface area (Å²) in [6.45, 7) is 0. The van der Waals surface area contributed by atoms with Crippen LogP contribution in [-0.4, -0.2) is 11.1 Å². The van der Waals surface area contributed by atoms with Crippen LogP contribution < -0.4 is 0 Å². The predicted molar refractivity (Wildman–Crippen MR) is 46.6 cm³/mol. The SMILES string of the molecule is O=C(O)CC1C=CC(S)=CC1. The average molecular weight is 170 g/mol. The molecule has 60 valence electrons. The highest BCUT2D eigenvalue weighted by molar-refractivity contribution is 7.84. The van der Waals surface area contributed by atoms with E-state index < -0.39 is 5.97 Å². The fourth-order valence-corrected chi connectivity index (χ4v) is 1.22. The molecular formula is C8H10O2S. The summed E-state index contributed by atoms with van der Waals surface area (Å²) in [5.74, 6) is -0.584. The maximum Gasteiger partial charge on any atom is 0.303 e. The van der Waals surface area contributed by atoms with E-state index in [-0.39, 0.29) is 12.3 Å². The molecule has 3 heteroatoms. The van der Waals surface area contributed by atoms with Crippen LogP contribution in [0.25, 0.3) is 0 Å². The number of aliphatic carboxylic acids is 1. The zero-order valence-electron chi connectivity index (χ0n) is 6.03. The molecule has 0 aromatic rings. The lowest BCUT2D eigenvalue weighted by atomic mass is 9.97. The van der Waals surface area contributed by atoms with Gasteiger partial charge in [0.15, 0.2) is 0 Å². The highest BCUT2D eigenvalue weighted by atomic mass is 32.1. The van der Waals surface area contributed by atoms with E-state index in [1.807, 2.05) is 18.2 Å². The smallest absolute Gasteiger partial charge is 0.303 e. The number of thiol groups is 1. The van der Waals surface area contributed by atoms with E-state index in [2.05, 4.69) is 12.6 Å². The molecule has 0 heterocycles. The molecule has 0 aromatic heterocycles. The molecule has 0 spiro atoms. The summed E-state index contributed by atoms with van der Waals surface area (Å²) in [6.07, 6.45) is 6.70. The first kappa shape index (κ1) is 8.40. The Bertz CT molecular complexity index is 218. The van der Waals surface area contributed by atoms with Gasteiger partial charge >= 0.3 is 5.97 Å². The van der Waals surface area contributed by atoms with Crippen molar-refractivity contribution in [2.24, 2.45) is 5.92 Å². The molecule has 1 aliphatic carbocycles. The Morgan fingerprint density at radius 3 is 3.00 bits per heavy atom. The first-order chi connectivity index (χ1) is 5.18. The highest BCUT2D eigenvalue weighted by Crippen LogP contribution is 2.20. The minimum Gasteiger partial charge on any atom is -0.481 e. The van der Waals surface area contributed by atoms with Gasteiger partial charge in [-0.1, -0.05) is 18.2 Å². The molecule has 0 saturated heterocycles. The molecule has 0 fully saturated rings. The van der Waals surface area contributed by atoms with E-state index in [1.54, 1.807) is 0 Å². The Morgan fingerprint density at radius 2 is 2.55 bits per heavy atom. The van der Waals surface area contributed by atoms with Crippen LogP contribution in [0.1, 0.15) is 12.8 Å². The van der Waals surface area contributed by atoms with Crippen molar-refractivity contribution in [2.45, 2.75) is 12.8 Å². The number of rotatable bonds is 2. The van der Waals surface area contributed by atoms with E-state index in [4.69, 9.17) is 5.11 Å². The van der Waals surface area contributed by atoms with Crippen LogP contribution in [0.15, 0.2) is 23.1 Å². The third-order valence-electron chi connectivity index (χ3n) is 1.61. The quantitative estimate of drug-likeness (QED) is 0.620. The highest BCUT2D eigenvalue weighted by Gasteiger charge is 2.10. The molecule has 11 heavy (non-hydrogen) atoms. The first-order valence-electron chi connectivity index (χ1n) is 3.47. The zero-order valence-corrected chi connectivity index (χ0v) is 6.92. The second-order valence-corrected chi connectivity index (χ2v) is 3.10. The van der Waals surface area contributed by atoms with Gasteiger partial charge in [-0.3, -0.25) is 4.79 Å². The molecule has 0 bridgehead atoms. The summed E-state index contributed by atoms with van der Waals surface area (Å²) in [5, 5.41) is 8.46. The third-order valence-corrected chi connectivity index (χ3v) is 1.94. The van der Waals surface area contributed by atoms with E-state index >= 15 is 0 Å². The topological polar surface area (TPSA) is 37.3 Å². The fraction of sp³-hybridized carbons (Fsp3) is 0.375. The Hall–Kier alpha value is -0.700. The van der Waals surface area contributed by atoms with Crippen molar-refractivity contribution in [3.63, 3.8) is 0 Å². The minimum atomic E-state index is -0.740. The fourth-order valence-electron chi connectivity index (χ4n) is 1.03. The van der Waals surface area contributed by atoms with Crippen LogP contribution >= 0.6 is 12.6 Å². The van der Waals surface area contributed by atoms with E-state index in [0.717, 1.165) is 11.3 Å². The second-order valence-electron chi connectivity index (χ2n) is 2.58. The van der Waals surface area contributed by atoms with Gasteiger partial charge in [-0.2, -0.15) is 0 Å². The molecule has 1 N–H and O–H groups in total. The largest absolute Gasteiger partial charge is 0.481 e. The molecule has 2 nitrogen and oxygen atoms in total. The van der Waals surface area contributed by atoms with Gasteiger partial charge in [0.25, 0.3) is 0 Å². The van der Waals surface area contributed by atoms with Crippen molar-refractivity contribution >= 4 is 18.6 Å². The van der Waals surface area contributed by atoms with Gasteiger partial charge in [0, 0.05) is 0 Å². The molecule has 0 aromatic carbocycles. The summed E-state index contributed by atoms with van der Waals surface area (Å²) in [4.78, 5) is 11.2. The van der Waals surface area contributed by atoms with Crippen molar-refractivity contribution in [3.8, 4) is 0 Å². The molecule has 0 saturated carbocycles. The molecule has 1 rings (SSSR count). The van der Waals surface area contributed by atoms with Crippen molar-refractivity contribution in [2.75, 3.05) is 0 Å². The summed E-state index contributed by atoms with van der Waals surface area (Å²) in [5.41, 5.74) is 0. The zero-order chi connectivity index (χ0) is 8.27. The molecule has 0 amide bonds. The van der Waals surface area contributed by atoms with Crippen molar-refractivity contribution in [3.05, 3.63) is 23.1 Å². The van der Waals surface area contributed by atoms with Crippen LogP contribution in [0.4, 0.5) is 0 Å². The predicted octanol–water partition coefficient (Wildman–Crippen LogP) is 1.85. The average Bonchev–Trinajstić information content (AvgIpc) is 1.93. The third kappa shape index (κ3) is 2.80.